The number of benzene rings is 2. The number of rotatable bonds is 7. The lowest BCUT2D eigenvalue weighted by Crippen LogP contribution is -2.36. The van der Waals surface area contributed by atoms with E-state index >= 15 is 0 Å². The van der Waals surface area contributed by atoms with Crippen molar-refractivity contribution in [2.45, 2.75) is 26.6 Å². The Morgan fingerprint density at radius 2 is 1.69 bits per heavy atom. The van der Waals surface area contributed by atoms with Gasteiger partial charge in [0.15, 0.2) is 5.96 Å². The highest BCUT2D eigenvalue weighted by Crippen LogP contribution is 2.09. The minimum absolute atomic E-state index is 0. The molecule has 1 heterocycles. The summed E-state index contributed by atoms with van der Waals surface area (Å²) in [6, 6.07) is 16.1. The summed E-state index contributed by atoms with van der Waals surface area (Å²) in [6.07, 6.45) is 3.82. The molecule has 0 atom stereocenters. The Balaban J connectivity index is 0.00000363. The molecular weight excluding hydrogens is 515 g/mol. The van der Waals surface area contributed by atoms with Gasteiger partial charge in [0.2, 0.25) is 0 Å². The number of imidazole rings is 1. The molecular formula is C24H31IN6O. The van der Waals surface area contributed by atoms with E-state index in [2.05, 4.69) is 49.4 Å². The van der Waals surface area contributed by atoms with Crippen LogP contribution in [0, 0.1) is 6.92 Å². The van der Waals surface area contributed by atoms with E-state index < -0.39 is 0 Å². The van der Waals surface area contributed by atoms with E-state index in [-0.39, 0.29) is 29.9 Å². The van der Waals surface area contributed by atoms with E-state index in [0.717, 1.165) is 23.9 Å². The molecule has 0 saturated heterocycles. The van der Waals surface area contributed by atoms with Gasteiger partial charge in [-0.3, -0.25) is 9.79 Å². The van der Waals surface area contributed by atoms with Gasteiger partial charge in [0.25, 0.3) is 5.91 Å². The van der Waals surface area contributed by atoms with Gasteiger partial charge < -0.3 is 20.1 Å². The van der Waals surface area contributed by atoms with Crippen molar-refractivity contribution >= 4 is 35.8 Å². The van der Waals surface area contributed by atoms with E-state index in [1.54, 1.807) is 26.0 Å². The largest absolute Gasteiger partial charge is 0.352 e. The number of carbonyl (C=O) groups is 1. The molecule has 0 aliphatic heterocycles. The molecule has 0 bridgehead atoms. The Hall–Kier alpha value is -2.88. The standard InChI is InChI=1S/C24H30N6O.HI/c1-18-26-12-13-30(18)17-21-7-5-6-20(14-21)16-28-24(25-2)27-15-19-8-10-22(11-9-19)23(31)29(3)4;/h5-14H,15-17H2,1-4H3,(H2,25,27,28);1H. The number of guanidine groups is 1. The molecule has 170 valence electrons. The van der Waals surface area contributed by atoms with Crippen LogP contribution in [0.25, 0.3) is 0 Å². The van der Waals surface area contributed by atoms with Gasteiger partial charge in [-0.1, -0.05) is 36.4 Å². The Morgan fingerprint density at radius 1 is 1.03 bits per heavy atom. The Labute approximate surface area is 207 Å². The third kappa shape index (κ3) is 7.08. The highest BCUT2D eigenvalue weighted by atomic mass is 127. The Morgan fingerprint density at radius 3 is 2.28 bits per heavy atom. The lowest BCUT2D eigenvalue weighted by atomic mass is 10.1. The van der Waals surface area contributed by atoms with Gasteiger partial charge in [-0.2, -0.15) is 0 Å². The topological polar surface area (TPSA) is 74.6 Å². The van der Waals surface area contributed by atoms with Crippen molar-refractivity contribution in [2.24, 2.45) is 4.99 Å². The number of aryl methyl sites for hydroxylation is 1. The van der Waals surface area contributed by atoms with Crippen molar-refractivity contribution < 1.29 is 4.79 Å². The molecule has 2 N–H and O–H groups in total. The predicted octanol–water partition coefficient (Wildman–Crippen LogP) is 3.42. The maximum Gasteiger partial charge on any atom is 0.253 e. The summed E-state index contributed by atoms with van der Waals surface area (Å²) in [7, 11) is 5.26. The van der Waals surface area contributed by atoms with Crippen molar-refractivity contribution in [3.05, 3.63) is 89.0 Å². The van der Waals surface area contributed by atoms with Crippen LogP contribution in [0.1, 0.15) is 32.9 Å². The SMILES string of the molecule is CN=C(NCc1ccc(C(=O)N(C)C)cc1)NCc1cccc(Cn2ccnc2C)c1.I. The summed E-state index contributed by atoms with van der Waals surface area (Å²) in [5.74, 6) is 1.74. The average molecular weight is 546 g/mol. The number of hydrogen-bond acceptors (Lipinski definition) is 3. The second-order valence-electron chi connectivity index (χ2n) is 7.60. The maximum atomic E-state index is 12.0. The molecule has 1 aromatic heterocycles. The first kappa shape index (κ1) is 25.4. The lowest BCUT2D eigenvalue weighted by Gasteiger charge is -2.14. The van der Waals surface area contributed by atoms with Gasteiger partial charge in [0.05, 0.1) is 0 Å². The van der Waals surface area contributed by atoms with Crippen LogP contribution >= 0.6 is 24.0 Å². The summed E-state index contributed by atoms with van der Waals surface area (Å²) in [4.78, 5) is 22.2. The molecule has 8 heteroatoms. The normalized spacial score (nSPS) is 10.9. The third-order valence-electron chi connectivity index (χ3n) is 5.02. The van der Waals surface area contributed by atoms with Crippen LogP contribution in [0.4, 0.5) is 0 Å². The van der Waals surface area contributed by atoms with Crippen molar-refractivity contribution in [1.82, 2.24) is 25.1 Å². The van der Waals surface area contributed by atoms with E-state index in [1.807, 2.05) is 43.6 Å². The number of nitrogens with zero attached hydrogens (tertiary/aromatic N) is 4. The number of aliphatic imine (C=N–C) groups is 1. The van der Waals surface area contributed by atoms with Crippen molar-refractivity contribution in [3.63, 3.8) is 0 Å². The zero-order chi connectivity index (χ0) is 22.2. The fourth-order valence-electron chi connectivity index (χ4n) is 3.22. The molecule has 3 aromatic rings. The van der Waals surface area contributed by atoms with E-state index in [4.69, 9.17) is 0 Å². The first-order valence-corrected chi connectivity index (χ1v) is 10.3. The van der Waals surface area contributed by atoms with Crippen LogP contribution in [-0.2, 0) is 19.6 Å². The first-order chi connectivity index (χ1) is 15.0. The zero-order valence-corrected chi connectivity index (χ0v) is 21.3. The number of nitrogens with one attached hydrogen (secondary N) is 2. The molecule has 7 nitrogen and oxygen atoms in total. The van der Waals surface area contributed by atoms with Crippen LogP contribution in [0.3, 0.4) is 0 Å². The first-order valence-electron chi connectivity index (χ1n) is 10.3. The van der Waals surface area contributed by atoms with E-state index in [9.17, 15) is 4.79 Å². The molecule has 1 amide bonds. The third-order valence-corrected chi connectivity index (χ3v) is 5.02. The minimum atomic E-state index is 0. The zero-order valence-electron chi connectivity index (χ0n) is 19.0. The highest BCUT2D eigenvalue weighted by molar-refractivity contribution is 14.0. The summed E-state index contributed by atoms with van der Waals surface area (Å²) in [5, 5.41) is 6.67. The monoisotopic (exact) mass is 546 g/mol. The molecule has 0 radical (unpaired) electrons. The molecule has 0 aliphatic rings. The van der Waals surface area contributed by atoms with Gasteiger partial charge in [-0.05, 0) is 35.7 Å². The molecule has 0 unspecified atom stereocenters. The highest BCUT2D eigenvalue weighted by Gasteiger charge is 2.07. The van der Waals surface area contributed by atoms with Crippen LogP contribution in [0.2, 0.25) is 0 Å². The lowest BCUT2D eigenvalue weighted by molar-refractivity contribution is 0.0827. The van der Waals surface area contributed by atoms with Gasteiger partial charge in [0, 0.05) is 58.7 Å². The summed E-state index contributed by atoms with van der Waals surface area (Å²) < 4.78 is 2.13. The van der Waals surface area contributed by atoms with Gasteiger partial charge in [-0.25, -0.2) is 4.98 Å². The number of amides is 1. The number of halogens is 1. The number of carbonyl (C=O) groups excluding carboxylic acids is 1. The average Bonchev–Trinajstić information content (AvgIpc) is 3.18. The molecule has 2 aromatic carbocycles. The van der Waals surface area contributed by atoms with Crippen LogP contribution < -0.4 is 10.6 Å². The van der Waals surface area contributed by atoms with Gasteiger partial charge >= 0.3 is 0 Å². The molecule has 32 heavy (non-hydrogen) atoms. The summed E-state index contributed by atoms with van der Waals surface area (Å²) in [6.45, 7) is 4.11. The van der Waals surface area contributed by atoms with Crippen LogP contribution in [0.5, 0.6) is 0 Å². The molecule has 0 aliphatic carbocycles. The fraction of sp³-hybridized carbons (Fsp3) is 0.292. The maximum absolute atomic E-state index is 12.0. The van der Waals surface area contributed by atoms with Crippen molar-refractivity contribution in [3.8, 4) is 0 Å². The molecule has 0 saturated carbocycles. The molecule has 0 fully saturated rings. The van der Waals surface area contributed by atoms with E-state index in [1.165, 1.54) is 11.1 Å². The minimum Gasteiger partial charge on any atom is -0.352 e. The van der Waals surface area contributed by atoms with E-state index in [0.29, 0.717) is 18.7 Å². The smallest absolute Gasteiger partial charge is 0.253 e. The van der Waals surface area contributed by atoms with Gasteiger partial charge in [-0.15, -0.1) is 24.0 Å². The quantitative estimate of drug-likeness (QED) is 0.271. The molecule has 3 rings (SSSR count). The summed E-state index contributed by atoms with van der Waals surface area (Å²) >= 11 is 0. The van der Waals surface area contributed by atoms with Gasteiger partial charge in [0.1, 0.15) is 5.82 Å². The number of hydrogen-bond donors (Lipinski definition) is 2. The number of aromatic nitrogens is 2. The second kappa shape index (κ2) is 12.2. The van der Waals surface area contributed by atoms with Crippen LogP contribution in [0.15, 0.2) is 65.9 Å². The second-order valence-corrected chi connectivity index (χ2v) is 7.60. The Bertz CT molecular complexity index is 1040. The van der Waals surface area contributed by atoms with Crippen molar-refractivity contribution in [2.75, 3.05) is 21.1 Å². The fourth-order valence-corrected chi connectivity index (χ4v) is 3.22. The molecule has 0 spiro atoms. The van der Waals surface area contributed by atoms with Crippen LogP contribution in [-0.4, -0.2) is 47.5 Å². The van der Waals surface area contributed by atoms with Crippen molar-refractivity contribution in [1.29, 1.82) is 0 Å². The summed E-state index contributed by atoms with van der Waals surface area (Å²) in [5.41, 5.74) is 4.18. The predicted molar refractivity (Wildman–Crippen MR) is 139 cm³/mol. The Kier molecular flexibility index (Phi) is 9.70.